The molecule has 0 bridgehead atoms. The largest absolute Gasteiger partial charge is 0.493 e. The lowest BCUT2D eigenvalue weighted by molar-refractivity contribution is -0.126. The Hall–Kier alpha value is -3.00. The van der Waals surface area contributed by atoms with E-state index in [4.69, 9.17) is 9.47 Å². The van der Waals surface area contributed by atoms with Crippen molar-refractivity contribution in [2.45, 2.75) is 37.6 Å². The van der Waals surface area contributed by atoms with E-state index in [-0.39, 0.29) is 22.9 Å². The molecule has 32 heavy (non-hydrogen) atoms. The third kappa shape index (κ3) is 4.75. The Morgan fingerprint density at radius 3 is 2.72 bits per heavy atom. The van der Waals surface area contributed by atoms with Crippen molar-refractivity contribution in [3.8, 4) is 11.5 Å². The van der Waals surface area contributed by atoms with E-state index < -0.39 is 0 Å². The van der Waals surface area contributed by atoms with Crippen molar-refractivity contribution in [3.63, 3.8) is 0 Å². The van der Waals surface area contributed by atoms with Crippen LogP contribution < -0.4 is 14.8 Å². The van der Waals surface area contributed by atoms with Crippen molar-refractivity contribution < 1.29 is 19.1 Å². The van der Waals surface area contributed by atoms with Gasteiger partial charge >= 0.3 is 0 Å². The summed E-state index contributed by atoms with van der Waals surface area (Å²) in [6, 6.07) is 11.1. The van der Waals surface area contributed by atoms with Crippen molar-refractivity contribution in [1.29, 1.82) is 0 Å². The van der Waals surface area contributed by atoms with Gasteiger partial charge in [0.2, 0.25) is 5.91 Å². The van der Waals surface area contributed by atoms with Crippen LogP contribution in [0, 0.1) is 0 Å². The number of hydrogen-bond donors (Lipinski definition) is 1. The van der Waals surface area contributed by atoms with Gasteiger partial charge in [-0.1, -0.05) is 12.1 Å². The molecule has 1 aliphatic heterocycles. The number of aromatic nitrogens is 1. The molecule has 1 aromatic carbocycles. The Kier molecular flexibility index (Phi) is 6.99. The maximum atomic E-state index is 13.3. The van der Waals surface area contributed by atoms with Crippen molar-refractivity contribution in [2.75, 3.05) is 25.3 Å². The Balaban J connectivity index is 1.50. The lowest BCUT2D eigenvalue weighted by atomic mass is 9.94. The van der Waals surface area contributed by atoms with Gasteiger partial charge in [-0.25, -0.2) is 4.98 Å². The van der Waals surface area contributed by atoms with Crippen LogP contribution in [-0.4, -0.2) is 47.0 Å². The number of methoxy groups -OCH3 is 2. The van der Waals surface area contributed by atoms with Gasteiger partial charge in [-0.15, -0.1) is 11.8 Å². The highest BCUT2D eigenvalue weighted by Gasteiger charge is 2.40. The second kappa shape index (κ2) is 10.1. The molecule has 1 aromatic heterocycles. The number of carbonyl (C=O) groups is 2. The van der Waals surface area contributed by atoms with Crippen molar-refractivity contribution >= 4 is 29.4 Å². The van der Waals surface area contributed by atoms with Crippen LogP contribution in [0.4, 0.5) is 5.82 Å². The smallest absolute Gasteiger partial charge is 0.251 e. The summed E-state index contributed by atoms with van der Waals surface area (Å²) in [6.45, 7) is 0.450. The molecule has 0 fully saturated rings. The maximum absolute atomic E-state index is 13.3. The lowest BCUT2D eigenvalue weighted by Gasteiger charge is -2.27. The Morgan fingerprint density at radius 2 is 1.97 bits per heavy atom. The lowest BCUT2D eigenvalue weighted by Crippen LogP contribution is -2.34. The number of nitrogens with zero attached hydrogens (tertiary/aromatic N) is 2. The zero-order valence-electron chi connectivity index (χ0n) is 18.3. The van der Waals surface area contributed by atoms with E-state index in [0.717, 1.165) is 36.8 Å². The first-order chi connectivity index (χ1) is 15.6. The monoisotopic (exact) mass is 453 g/mol. The minimum absolute atomic E-state index is 0.0807. The van der Waals surface area contributed by atoms with Gasteiger partial charge in [-0.05, 0) is 61.1 Å². The van der Waals surface area contributed by atoms with Crippen molar-refractivity contribution in [2.24, 2.45) is 0 Å². The van der Waals surface area contributed by atoms with Gasteiger partial charge < -0.3 is 19.7 Å². The summed E-state index contributed by atoms with van der Waals surface area (Å²) in [7, 11) is 3.20. The predicted molar refractivity (Wildman–Crippen MR) is 125 cm³/mol. The van der Waals surface area contributed by atoms with Crippen LogP contribution in [0.25, 0.3) is 0 Å². The zero-order chi connectivity index (χ0) is 22.5. The first-order valence-electron chi connectivity index (χ1n) is 10.7. The molecule has 2 aromatic rings. The molecule has 2 heterocycles. The fraction of sp³-hybridized carbons (Fsp3) is 0.375. The number of hydrogen-bond acceptors (Lipinski definition) is 6. The van der Waals surface area contributed by atoms with Gasteiger partial charge in [-0.2, -0.15) is 0 Å². The number of nitrogens with one attached hydrogen (secondary N) is 1. The number of amides is 2. The number of anilines is 1. The zero-order valence-corrected chi connectivity index (χ0v) is 19.1. The van der Waals surface area contributed by atoms with E-state index in [1.807, 2.05) is 29.2 Å². The predicted octanol–water partition coefficient (Wildman–Crippen LogP) is 4.01. The standard InChI is InChI=1S/C24H27N3O4S/c1-30-19-11-10-16(13-20(19)31-2)14-27-23(29)17-7-3-4-8-18(17)24(27)32-15-22(28)26-21-9-5-6-12-25-21/h5-6,9-13,24H,3-4,7-8,14-15H2,1-2H3,(H,25,26,28). The Bertz CT molecular complexity index is 1030. The number of ether oxygens (including phenoxy) is 2. The fourth-order valence-electron chi connectivity index (χ4n) is 4.20. The molecule has 1 unspecified atom stereocenters. The van der Waals surface area contributed by atoms with E-state index in [1.165, 1.54) is 17.3 Å². The second-order valence-corrected chi connectivity index (χ2v) is 8.83. The van der Waals surface area contributed by atoms with Crippen LogP contribution in [0.5, 0.6) is 11.5 Å². The molecule has 4 rings (SSSR count). The minimum atomic E-state index is -0.139. The van der Waals surface area contributed by atoms with Gasteiger partial charge in [0.25, 0.3) is 5.91 Å². The number of thioether (sulfide) groups is 1. The summed E-state index contributed by atoms with van der Waals surface area (Å²) in [5.74, 6) is 2.01. The van der Waals surface area contributed by atoms with Crippen LogP contribution >= 0.6 is 11.8 Å². The second-order valence-electron chi connectivity index (χ2n) is 7.76. The normalized spacial score (nSPS) is 17.9. The number of benzene rings is 1. The molecule has 0 radical (unpaired) electrons. The molecule has 7 nitrogen and oxygen atoms in total. The molecule has 1 aliphatic carbocycles. The van der Waals surface area contributed by atoms with Gasteiger partial charge in [0.15, 0.2) is 11.5 Å². The van der Waals surface area contributed by atoms with Crippen LogP contribution in [0.1, 0.15) is 31.2 Å². The molecule has 168 valence electrons. The van der Waals surface area contributed by atoms with Gasteiger partial charge in [0.1, 0.15) is 11.2 Å². The van der Waals surface area contributed by atoms with E-state index in [1.54, 1.807) is 32.5 Å². The topological polar surface area (TPSA) is 80.8 Å². The Morgan fingerprint density at radius 1 is 1.16 bits per heavy atom. The highest BCUT2D eigenvalue weighted by atomic mass is 32.2. The Labute approximate surface area is 192 Å². The molecule has 2 aliphatic rings. The van der Waals surface area contributed by atoms with Crippen LogP contribution in [0.15, 0.2) is 53.7 Å². The molecule has 0 saturated heterocycles. The summed E-state index contributed by atoms with van der Waals surface area (Å²) < 4.78 is 10.7. The first kappa shape index (κ1) is 22.2. The van der Waals surface area contributed by atoms with Gasteiger partial charge in [-0.3, -0.25) is 9.59 Å². The van der Waals surface area contributed by atoms with E-state index in [0.29, 0.717) is 23.9 Å². The molecule has 2 amide bonds. The maximum Gasteiger partial charge on any atom is 0.251 e. The summed E-state index contributed by atoms with van der Waals surface area (Å²) in [5, 5.41) is 2.68. The number of rotatable bonds is 8. The van der Waals surface area contributed by atoms with Crippen LogP contribution in [0.3, 0.4) is 0 Å². The molecule has 0 saturated carbocycles. The molecular formula is C24H27N3O4S. The molecule has 1 atom stereocenters. The quantitative estimate of drug-likeness (QED) is 0.651. The van der Waals surface area contributed by atoms with Crippen molar-refractivity contribution in [1.82, 2.24) is 9.88 Å². The number of pyridine rings is 1. The molecule has 8 heteroatoms. The molecular weight excluding hydrogens is 426 g/mol. The summed E-state index contributed by atoms with van der Waals surface area (Å²) in [5.41, 5.74) is 3.07. The van der Waals surface area contributed by atoms with E-state index >= 15 is 0 Å². The summed E-state index contributed by atoms with van der Waals surface area (Å²) in [6.07, 6.45) is 5.47. The third-order valence-electron chi connectivity index (χ3n) is 5.72. The fourth-order valence-corrected chi connectivity index (χ4v) is 5.40. The van der Waals surface area contributed by atoms with Gasteiger partial charge in [0.05, 0.1) is 20.0 Å². The minimum Gasteiger partial charge on any atom is -0.493 e. The average molecular weight is 454 g/mol. The van der Waals surface area contributed by atoms with E-state index in [9.17, 15) is 9.59 Å². The summed E-state index contributed by atoms with van der Waals surface area (Å²) >= 11 is 1.50. The average Bonchev–Trinajstić information content (AvgIpc) is 3.09. The highest BCUT2D eigenvalue weighted by Crippen LogP contribution is 2.42. The molecule has 0 spiro atoms. The molecule has 1 N–H and O–H groups in total. The summed E-state index contributed by atoms with van der Waals surface area (Å²) in [4.78, 5) is 31.8. The van der Waals surface area contributed by atoms with Crippen LogP contribution in [-0.2, 0) is 16.1 Å². The third-order valence-corrected chi connectivity index (χ3v) is 7.00. The first-order valence-corrected chi connectivity index (χ1v) is 11.7. The van der Waals surface area contributed by atoms with E-state index in [2.05, 4.69) is 10.3 Å². The van der Waals surface area contributed by atoms with Crippen LogP contribution in [0.2, 0.25) is 0 Å². The number of carbonyl (C=O) groups excluding carboxylic acids is 2. The SMILES string of the molecule is COc1ccc(CN2C(=O)C3=C(CCCC3)C2SCC(=O)Nc2ccccn2)cc1OC. The highest BCUT2D eigenvalue weighted by molar-refractivity contribution is 8.00. The van der Waals surface area contributed by atoms with Crippen molar-refractivity contribution in [3.05, 3.63) is 59.3 Å². The van der Waals surface area contributed by atoms with Gasteiger partial charge in [0, 0.05) is 18.3 Å².